The van der Waals surface area contributed by atoms with Crippen molar-refractivity contribution in [3.05, 3.63) is 41.5 Å². The highest BCUT2D eigenvalue weighted by atomic mass is 32.2. The maximum atomic E-state index is 12.1. The van der Waals surface area contributed by atoms with Gasteiger partial charge in [-0.3, -0.25) is 9.10 Å². The molecule has 0 unspecified atom stereocenters. The molecule has 0 heterocycles. The number of benzene rings is 1. The van der Waals surface area contributed by atoms with Crippen molar-refractivity contribution in [2.24, 2.45) is 0 Å². The Balaban J connectivity index is 1.78. The molecule has 0 radical (unpaired) electrons. The third-order valence-corrected chi connectivity index (χ3v) is 6.15. The van der Waals surface area contributed by atoms with Crippen molar-refractivity contribution in [1.82, 2.24) is 5.32 Å². The van der Waals surface area contributed by atoms with E-state index in [1.165, 1.54) is 34.5 Å². The van der Waals surface area contributed by atoms with Crippen molar-refractivity contribution >= 4 is 21.6 Å². The van der Waals surface area contributed by atoms with Crippen molar-refractivity contribution in [3.63, 3.8) is 0 Å². The predicted molar refractivity (Wildman–Crippen MR) is 111 cm³/mol. The Kier molecular flexibility index (Phi) is 8.35. The molecular weight excluding hydrogens is 360 g/mol. The predicted octanol–water partition coefficient (Wildman–Crippen LogP) is 3.80. The van der Waals surface area contributed by atoms with Crippen LogP contribution in [-0.4, -0.2) is 33.7 Å². The molecule has 0 aliphatic heterocycles. The molecule has 0 saturated carbocycles. The Labute approximate surface area is 163 Å². The van der Waals surface area contributed by atoms with E-state index in [1.54, 1.807) is 0 Å². The van der Waals surface area contributed by atoms with Gasteiger partial charge in [-0.2, -0.15) is 0 Å². The van der Waals surface area contributed by atoms with Crippen LogP contribution in [0.1, 0.15) is 57.4 Å². The van der Waals surface area contributed by atoms with E-state index in [-0.39, 0.29) is 5.91 Å². The Bertz CT molecular complexity index is 739. The van der Waals surface area contributed by atoms with E-state index in [0.29, 0.717) is 31.6 Å². The number of amides is 1. The molecule has 0 spiro atoms. The third kappa shape index (κ3) is 7.37. The van der Waals surface area contributed by atoms with E-state index in [9.17, 15) is 13.2 Å². The molecule has 0 atom stereocenters. The van der Waals surface area contributed by atoms with Gasteiger partial charge < -0.3 is 5.32 Å². The summed E-state index contributed by atoms with van der Waals surface area (Å²) in [6, 6.07) is 7.55. The molecule has 0 saturated heterocycles. The minimum Gasteiger partial charge on any atom is -0.356 e. The Morgan fingerprint density at radius 3 is 2.52 bits per heavy atom. The van der Waals surface area contributed by atoms with Crippen molar-refractivity contribution in [2.75, 3.05) is 23.7 Å². The molecule has 1 N–H and O–H groups in total. The zero-order valence-electron chi connectivity index (χ0n) is 16.5. The fourth-order valence-electron chi connectivity index (χ4n) is 3.35. The van der Waals surface area contributed by atoms with Crippen molar-refractivity contribution < 1.29 is 13.2 Å². The molecule has 1 amide bonds. The van der Waals surface area contributed by atoms with E-state index >= 15 is 0 Å². The van der Waals surface area contributed by atoms with Gasteiger partial charge in [-0.15, -0.1) is 0 Å². The topological polar surface area (TPSA) is 66.5 Å². The molecule has 1 aromatic carbocycles. The minimum absolute atomic E-state index is 0.0128. The lowest BCUT2D eigenvalue weighted by molar-refractivity contribution is -0.121. The number of carbonyl (C=O) groups excluding carboxylic acids is 1. The maximum Gasteiger partial charge on any atom is 0.232 e. The highest BCUT2D eigenvalue weighted by Crippen LogP contribution is 2.20. The van der Waals surface area contributed by atoms with Gasteiger partial charge >= 0.3 is 0 Å². The number of nitrogens with one attached hydrogen (secondary N) is 1. The Hall–Kier alpha value is -1.82. The summed E-state index contributed by atoms with van der Waals surface area (Å²) in [5.74, 6) is -0.0128. The van der Waals surface area contributed by atoms with Crippen LogP contribution in [0.2, 0.25) is 0 Å². The number of rotatable bonds is 10. The van der Waals surface area contributed by atoms with E-state index in [2.05, 4.69) is 18.3 Å². The molecule has 150 valence electrons. The van der Waals surface area contributed by atoms with Crippen LogP contribution in [0.4, 0.5) is 5.69 Å². The summed E-state index contributed by atoms with van der Waals surface area (Å²) in [7, 11) is -3.37. The normalized spacial score (nSPS) is 14.5. The maximum absolute atomic E-state index is 12.1. The quantitative estimate of drug-likeness (QED) is 0.616. The third-order valence-electron chi connectivity index (χ3n) is 4.95. The summed E-state index contributed by atoms with van der Waals surface area (Å²) < 4.78 is 25.6. The number of hydrogen-bond donors (Lipinski definition) is 1. The largest absolute Gasteiger partial charge is 0.356 e. The van der Waals surface area contributed by atoms with Crippen LogP contribution in [0, 0.1) is 0 Å². The number of hydrogen-bond acceptors (Lipinski definition) is 3. The zero-order valence-corrected chi connectivity index (χ0v) is 17.4. The van der Waals surface area contributed by atoms with Crippen LogP contribution < -0.4 is 9.62 Å². The van der Waals surface area contributed by atoms with Crippen LogP contribution in [0.25, 0.3) is 0 Å². The van der Waals surface area contributed by atoms with Gasteiger partial charge in [0.15, 0.2) is 0 Å². The second kappa shape index (κ2) is 10.5. The molecule has 2 rings (SSSR count). The van der Waals surface area contributed by atoms with Crippen molar-refractivity contribution in [1.29, 1.82) is 0 Å². The van der Waals surface area contributed by atoms with Gasteiger partial charge in [-0.05, 0) is 62.6 Å². The molecule has 0 fully saturated rings. The Morgan fingerprint density at radius 1 is 1.19 bits per heavy atom. The number of aryl methyl sites for hydroxylation is 1. The number of carbonyl (C=O) groups is 1. The monoisotopic (exact) mass is 392 g/mol. The standard InChI is InChI=1S/C21H32N2O3S/c1-3-18-11-13-20(14-12-18)23(27(2,25)26)17-7-10-21(24)22-16-15-19-8-5-4-6-9-19/h8,11-14H,3-7,9-10,15-17H2,1-2H3,(H,22,24). The summed E-state index contributed by atoms with van der Waals surface area (Å²) in [5.41, 5.74) is 3.26. The molecular formula is C21H32N2O3S. The summed E-state index contributed by atoms with van der Waals surface area (Å²) in [6.07, 6.45) is 11.0. The Morgan fingerprint density at radius 2 is 1.93 bits per heavy atom. The van der Waals surface area contributed by atoms with E-state index in [0.717, 1.165) is 25.7 Å². The van der Waals surface area contributed by atoms with E-state index < -0.39 is 10.0 Å². The SMILES string of the molecule is CCc1ccc(N(CCCC(=O)NCCC2=CCCCC2)S(C)(=O)=O)cc1. The van der Waals surface area contributed by atoms with Crippen LogP contribution in [0.5, 0.6) is 0 Å². The number of anilines is 1. The molecule has 1 aromatic rings. The van der Waals surface area contributed by atoms with Crippen molar-refractivity contribution in [3.8, 4) is 0 Å². The minimum atomic E-state index is -3.37. The zero-order chi connectivity index (χ0) is 19.7. The van der Waals surface area contributed by atoms with Gasteiger partial charge in [-0.1, -0.05) is 30.7 Å². The van der Waals surface area contributed by atoms with Crippen LogP contribution in [-0.2, 0) is 21.2 Å². The molecule has 1 aliphatic carbocycles. The number of sulfonamides is 1. The van der Waals surface area contributed by atoms with Gasteiger partial charge in [0.05, 0.1) is 11.9 Å². The summed E-state index contributed by atoms with van der Waals surface area (Å²) in [5, 5.41) is 2.95. The molecule has 1 aliphatic rings. The number of nitrogens with zero attached hydrogens (tertiary/aromatic N) is 1. The highest BCUT2D eigenvalue weighted by Gasteiger charge is 2.17. The highest BCUT2D eigenvalue weighted by molar-refractivity contribution is 7.92. The smallest absolute Gasteiger partial charge is 0.232 e. The van der Waals surface area contributed by atoms with Gasteiger partial charge in [0.2, 0.25) is 15.9 Å². The van der Waals surface area contributed by atoms with E-state index in [1.807, 2.05) is 24.3 Å². The molecule has 0 bridgehead atoms. The number of allylic oxidation sites excluding steroid dienone is 1. The van der Waals surface area contributed by atoms with Crippen LogP contribution >= 0.6 is 0 Å². The lowest BCUT2D eigenvalue weighted by Crippen LogP contribution is -2.32. The summed E-state index contributed by atoms with van der Waals surface area (Å²) in [6.45, 7) is 3.04. The fraction of sp³-hybridized carbons (Fsp3) is 0.571. The summed E-state index contributed by atoms with van der Waals surface area (Å²) in [4.78, 5) is 12.0. The van der Waals surface area contributed by atoms with E-state index in [4.69, 9.17) is 0 Å². The summed E-state index contributed by atoms with van der Waals surface area (Å²) >= 11 is 0. The van der Waals surface area contributed by atoms with Crippen molar-refractivity contribution in [2.45, 2.75) is 58.3 Å². The van der Waals surface area contributed by atoms with Gasteiger partial charge in [0.25, 0.3) is 0 Å². The molecule has 5 nitrogen and oxygen atoms in total. The average molecular weight is 393 g/mol. The van der Waals surface area contributed by atoms with Crippen LogP contribution in [0.15, 0.2) is 35.9 Å². The molecule has 6 heteroatoms. The lowest BCUT2D eigenvalue weighted by Gasteiger charge is -2.22. The first-order valence-electron chi connectivity index (χ1n) is 9.91. The van der Waals surface area contributed by atoms with Gasteiger partial charge in [0.1, 0.15) is 0 Å². The molecule has 27 heavy (non-hydrogen) atoms. The average Bonchev–Trinajstić information content (AvgIpc) is 2.65. The van der Waals surface area contributed by atoms with Gasteiger partial charge in [-0.25, -0.2) is 8.42 Å². The van der Waals surface area contributed by atoms with Crippen LogP contribution in [0.3, 0.4) is 0 Å². The fourth-order valence-corrected chi connectivity index (χ4v) is 4.32. The second-order valence-corrected chi connectivity index (χ2v) is 9.07. The van der Waals surface area contributed by atoms with Gasteiger partial charge in [0, 0.05) is 19.5 Å². The first kappa shape index (κ1) is 21.5. The molecule has 0 aromatic heterocycles. The first-order valence-corrected chi connectivity index (χ1v) is 11.8. The first-order chi connectivity index (χ1) is 12.9. The lowest BCUT2D eigenvalue weighted by atomic mass is 9.97. The second-order valence-electron chi connectivity index (χ2n) is 7.17.